The molecule has 2 atom stereocenters. The van der Waals surface area contributed by atoms with Gasteiger partial charge in [-0.1, -0.05) is 0 Å². The van der Waals surface area contributed by atoms with Crippen molar-refractivity contribution in [2.24, 2.45) is 17.6 Å². The summed E-state index contributed by atoms with van der Waals surface area (Å²) in [6, 6.07) is 0. The third-order valence-electron chi connectivity index (χ3n) is 4.98. The van der Waals surface area contributed by atoms with Crippen LogP contribution >= 0.6 is 0 Å². The molecule has 4 aliphatic rings. The van der Waals surface area contributed by atoms with Crippen molar-refractivity contribution in [3.05, 3.63) is 12.7 Å². The fourth-order valence-corrected chi connectivity index (χ4v) is 5.01. The molecule has 0 amide bonds. The second-order valence-corrected chi connectivity index (χ2v) is 6.39. The Balaban J connectivity index is 1.80. The van der Waals surface area contributed by atoms with E-state index < -0.39 is 0 Å². The van der Waals surface area contributed by atoms with E-state index in [4.69, 9.17) is 5.73 Å². The zero-order chi connectivity index (χ0) is 10.8. The van der Waals surface area contributed by atoms with Crippen molar-refractivity contribution in [2.45, 2.75) is 49.6 Å². The van der Waals surface area contributed by atoms with Crippen LogP contribution in [0.4, 0.5) is 0 Å². The smallest absolute Gasteiger partial charge is 0.137 e. The van der Waals surface area contributed by atoms with Crippen LogP contribution in [0.2, 0.25) is 0 Å². The van der Waals surface area contributed by atoms with Gasteiger partial charge in [0.25, 0.3) is 0 Å². The van der Waals surface area contributed by atoms with Crippen molar-refractivity contribution in [1.29, 1.82) is 0 Å². The van der Waals surface area contributed by atoms with Crippen LogP contribution in [0, 0.1) is 11.8 Å². The van der Waals surface area contributed by atoms with Crippen LogP contribution in [0.15, 0.2) is 12.7 Å². The summed E-state index contributed by atoms with van der Waals surface area (Å²) in [5, 5.41) is 4.39. The fraction of sp³-hybridized carbons (Fsp3) is 0.833. The first-order valence-corrected chi connectivity index (χ1v) is 6.32. The quantitative estimate of drug-likeness (QED) is 0.772. The first-order chi connectivity index (χ1) is 7.68. The van der Waals surface area contributed by atoms with Crippen LogP contribution in [-0.4, -0.2) is 20.3 Å². The summed E-state index contributed by atoms with van der Waals surface area (Å²) in [5.74, 6) is 1.66. The third-order valence-corrected chi connectivity index (χ3v) is 4.98. The molecule has 0 spiro atoms. The van der Waals surface area contributed by atoms with Gasteiger partial charge in [-0.05, 0) is 50.4 Å². The summed E-state index contributed by atoms with van der Waals surface area (Å²) >= 11 is 0. The molecule has 5 rings (SSSR count). The highest BCUT2D eigenvalue weighted by Crippen LogP contribution is 2.59. The van der Waals surface area contributed by atoms with Gasteiger partial charge in [-0.25, -0.2) is 9.67 Å². The predicted molar refractivity (Wildman–Crippen MR) is 59.6 cm³/mol. The molecule has 4 heteroatoms. The average molecular weight is 218 g/mol. The van der Waals surface area contributed by atoms with Gasteiger partial charge in [-0.2, -0.15) is 5.10 Å². The van der Waals surface area contributed by atoms with Crippen molar-refractivity contribution in [3.63, 3.8) is 0 Å². The van der Waals surface area contributed by atoms with Crippen LogP contribution in [0.1, 0.15) is 38.5 Å². The van der Waals surface area contributed by atoms with E-state index >= 15 is 0 Å². The maximum atomic E-state index is 6.55. The minimum absolute atomic E-state index is 0.0933. The van der Waals surface area contributed by atoms with Crippen LogP contribution in [0.5, 0.6) is 0 Å². The van der Waals surface area contributed by atoms with Crippen molar-refractivity contribution < 1.29 is 0 Å². The summed E-state index contributed by atoms with van der Waals surface area (Å²) in [4.78, 5) is 4.11. The topological polar surface area (TPSA) is 56.7 Å². The molecule has 86 valence electrons. The van der Waals surface area contributed by atoms with Crippen LogP contribution in [0.3, 0.4) is 0 Å². The lowest BCUT2D eigenvalue weighted by molar-refractivity contribution is -0.0636. The third kappa shape index (κ3) is 1.08. The minimum Gasteiger partial charge on any atom is -0.325 e. The lowest BCUT2D eigenvalue weighted by Gasteiger charge is -2.60. The molecular formula is C12H18N4. The van der Waals surface area contributed by atoms with E-state index in [1.54, 1.807) is 6.33 Å². The number of hydrogen-bond donors (Lipinski definition) is 1. The standard InChI is InChI=1S/C12H18N4/c13-11-2-9-1-10(3-11)5-12(4-9,6-11)16-8-14-7-15-16/h7-10H,1-6,13H2/t9-,10-,11?,12?/m0/s1. The molecular weight excluding hydrogens is 200 g/mol. The van der Waals surface area contributed by atoms with E-state index in [2.05, 4.69) is 14.8 Å². The van der Waals surface area contributed by atoms with Crippen molar-refractivity contribution in [2.75, 3.05) is 0 Å². The molecule has 4 bridgehead atoms. The van der Waals surface area contributed by atoms with Crippen molar-refractivity contribution >= 4 is 0 Å². The highest BCUT2D eigenvalue weighted by molar-refractivity contribution is 5.12. The Bertz CT molecular complexity index is 397. The molecule has 0 aromatic carbocycles. The molecule has 4 saturated carbocycles. The molecule has 0 aliphatic heterocycles. The number of aromatic nitrogens is 3. The molecule has 4 aliphatic carbocycles. The summed E-state index contributed by atoms with van der Waals surface area (Å²) in [5.41, 5.74) is 6.85. The summed E-state index contributed by atoms with van der Waals surface area (Å²) < 4.78 is 2.10. The monoisotopic (exact) mass is 218 g/mol. The van der Waals surface area contributed by atoms with Crippen molar-refractivity contribution in [3.8, 4) is 0 Å². The lowest BCUT2D eigenvalue weighted by Crippen LogP contribution is -2.63. The van der Waals surface area contributed by atoms with Gasteiger partial charge in [0, 0.05) is 5.54 Å². The van der Waals surface area contributed by atoms with Crippen molar-refractivity contribution in [1.82, 2.24) is 14.8 Å². The molecule has 1 heterocycles. The van der Waals surface area contributed by atoms with E-state index in [1.165, 1.54) is 32.1 Å². The van der Waals surface area contributed by atoms with E-state index in [-0.39, 0.29) is 11.1 Å². The lowest BCUT2D eigenvalue weighted by atomic mass is 9.50. The average Bonchev–Trinajstić information content (AvgIpc) is 2.65. The number of hydrogen-bond acceptors (Lipinski definition) is 3. The highest BCUT2D eigenvalue weighted by atomic mass is 15.4. The Hall–Kier alpha value is -0.900. The van der Waals surface area contributed by atoms with Gasteiger partial charge in [-0.15, -0.1) is 0 Å². The molecule has 1 aromatic heterocycles. The largest absolute Gasteiger partial charge is 0.325 e. The molecule has 16 heavy (non-hydrogen) atoms. The second kappa shape index (κ2) is 2.67. The van der Waals surface area contributed by atoms with Gasteiger partial charge >= 0.3 is 0 Å². The van der Waals surface area contributed by atoms with Crippen LogP contribution in [-0.2, 0) is 5.54 Å². The van der Waals surface area contributed by atoms with Gasteiger partial charge in [0.15, 0.2) is 0 Å². The molecule has 0 radical (unpaired) electrons. The van der Waals surface area contributed by atoms with Gasteiger partial charge in [0.1, 0.15) is 12.7 Å². The van der Waals surface area contributed by atoms with E-state index in [1.807, 2.05) is 6.33 Å². The molecule has 2 N–H and O–H groups in total. The zero-order valence-corrected chi connectivity index (χ0v) is 9.47. The van der Waals surface area contributed by atoms with Gasteiger partial charge in [0.05, 0.1) is 5.54 Å². The minimum atomic E-state index is 0.0933. The number of nitrogens with two attached hydrogens (primary N) is 1. The predicted octanol–water partition coefficient (Wildman–Crippen LogP) is 1.28. The molecule has 4 nitrogen and oxygen atoms in total. The van der Waals surface area contributed by atoms with E-state index in [0.29, 0.717) is 0 Å². The van der Waals surface area contributed by atoms with E-state index in [0.717, 1.165) is 18.3 Å². The normalized spacial score (nSPS) is 49.8. The molecule has 4 fully saturated rings. The van der Waals surface area contributed by atoms with Gasteiger partial charge in [-0.3, -0.25) is 0 Å². The summed E-state index contributed by atoms with van der Waals surface area (Å²) in [6.45, 7) is 0. The van der Waals surface area contributed by atoms with Gasteiger partial charge in [0.2, 0.25) is 0 Å². The molecule has 0 saturated heterocycles. The molecule has 0 unspecified atom stereocenters. The second-order valence-electron chi connectivity index (χ2n) is 6.39. The maximum Gasteiger partial charge on any atom is 0.137 e. The highest BCUT2D eigenvalue weighted by Gasteiger charge is 2.57. The molecule has 1 aromatic rings. The van der Waals surface area contributed by atoms with Gasteiger partial charge < -0.3 is 5.73 Å². The fourth-order valence-electron chi connectivity index (χ4n) is 5.01. The number of rotatable bonds is 1. The summed E-state index contributed by atoms with van der Waals surface area (Å²) in [6.07, 6.45) is 11.1. The Morgan fingerprint density at radius 3 is 2.50 bits per heavy atom. The van der Waals surface area contributed by atoms with E-state index in [9.17, 15) is 0 Å². The maximum absolute atomic E-state index is 6.55. The zero-order valence-electron chi connectivity index (χ0n) is 9.47. The Morgan fingerprint density at radius 1 is 1.19 bits per heavy atom. The first-order valence-electron chi connectivity index (χ1n) is 6.32. The van der Waals surface area contributed by atoms with Crippen LogP contribution < -0.4 is 5.73 Å². The summed E-state index contributed by atoms with van der Waals surface area (Å²) in [7, 11) is 0. The first kappa shape index (κ1) is 9.16. The SMILES string of the molecule is NC12C[C@@H]3C[C@@H](C1)CC(n1cncn1)(C3)C2. The Morgan fingerprint density at radius 2 is 1.94 bits per heavy atom. The Labute approximate surface area is 95.2 Å². The van der Waals surface area contributed by atoms with Crippen LogP contribution in [0.25, 0.3) is 0 Å². The Kier molecular flexibility index (Phi) is 1.53. The number of nitrogens with zero attached hydrogens (tertiary/aromatic N) is 3.